The lowest BCUT2D eigenvalue weighted by atomic mass is 9.60. The van der Waals surface area contributed by atoms with Crippen molar-refractivity contribution in [2.24, 2.45) is 0 Å². The second kappa shape index (κ2) is 9.27. The number of amides is 2. The first kappa shape index (κ1) is 25.2. The van der Waals surface area contributed by atoms with Gasteiger partial charge in [-0.15, -0.1) is 0 Å². The van der Waals surface area contributed by atoms with E-state index in [0.717, 1.165) is 18.2 Å². The van der Waals surface area contributed by atoms with E-state index in [1.165, 1.54) is 12.1 Å². The third-order valence-corrected chi connectivity index (χ3v) is 6.98. The van der Waals surface area contributed by atoms with Crippen LogP contribution < -0.4 is 15.4 Å². The minimum Gasteiger partial charge on any atom is -0.484 e. The molecule has 0 spiro atoms. The summed E-state index contributed by atoms with van der Waals surface area (Å²) in [7, 11) is 0. The highest BCUT2D eigenvalue weighted by Gasteiger charge is 2.55. The molecule has 3 aliphatic carbocycles. The maximum Gasteiger partial charge on any atom is 0.417 e. The third-order valence-electron chi connectivity index (χ3n) is 6.67. The van der Waals surface area contributed by atoms with Crippen LogP contribution in [0.4, 0.5) is 17.6 Å². The fourth-order valence-electron chi connectivity index (χ4n) is 4.69. The Bertz CT molecular complexity index is 1120. The fourth-order valence-corrected chi connectivity index (χ4v) is 4.81. The lowest BCUT2D eigenvalue weighted by Gasteiger charge is -2.56. The van der Waals surface area contributed by atoms with Crippen LogP contribution in [-0.2, 0) is 11.0 Å². The Balaban J connectivity index is 1.34. The summed E-state index contributed by atoms with van der Waals surface area (Å²) in [4.78, 5) is 28.7. The number of fused-ring (bicyclic) bond motifs is 3. The van der Waals surface area contributed by atoms with E-state index in [1.807, 2.05) is 0 Å². The Morgan fingerprint density at radius 3 is 2.43 bits per heavy atom. The Hall–Kier alpha value is -2.92. The first-order chi connectivity index (χ1) is 16.4. The fraction of sp³-hybridized carbons (Fsp3) is 0.435. The van der Waals surface area contributed by atoms with Crippen molar-refractivity contribution >= 4 is 23.4 Å². The number of aromatic nitrogens is 1. The molecule has 3 aliphatic rings. The van der Waals surface area contributed by atoms with E-state index in [4.69, 9.17) is 16.3 Å². The Kier molecular flexibility index (Phi) is 6.67. The molecular formula is C23H22ClF4N3O4. The molecule has 1 aromatic heterocycles. The molecule has 3 N–H and O–H groups in total. The molecular weight excluding hydrogens is 494 g/mol. The summed E-state index contributed by atoms with van der Waals surface area (Å²) >= 11 is 5.62. The van der Waals surface area contributed by atoms with Crippen LogP contribution in [0.15, 0.2) is 36.5 Å². The number of hydrogen-bond donors (Lipinski definition) is 3. The number of halogens is 5. The van der Waals surface area contributed by atoms with Crippen LogP contribution in [0.1, 0.15) is 48.2 Å². The lowest BCUT2D eigenvalue weighted by Crippen LogP contribution is -2.70. The molecule has 0 aliphatic heterocycles. The normalized spacial score (nSPS) is 25.7. The van der Waals surface area contributed by atoms with Gasteiger partial charge in [-0.25, -0.2) is 4.39 Å². The molecule has 7 nitrogen and oxygen atoms in total. The monoisotopic (exact) mass is 515 g/mol. The number of nitrogens with zero attached hydrogens (tertiary/aromatic N) is 1. The molecule has 2 amide bonds. The number of carbonyl (C=O) groups is 2. The SMILES string of the molecule is O=C(COc1ccc(Cl)c(F)c1)NC12CCC(NC(=O)c3ccc(C(F)(F)F)cn3)(CC1)C[C@@H]2O. The number of benzene rings is 1. The predicted molar refractivity (Wildman–Crippen MR) is 116 cm³/mol. The maximum atomic E-state index is 13.5. The average Bonchev–Trinajstić information content (AvgIpc) is 2.80. The molecule has 0 unspecified atom stereocenters. The van der Waals surface area contributed by atoms with Gasteiger partial charge in [-0.2, -0.15) is 13.2 Å². The van der Waals surface area contributed by atoms with Gasteiger partial charge >= 0.3 is 6.18 Å². The average molecular weight is 516 g/mol. The number of aliphatic hydroxyl groups is 1. The largest absolute Gasteiger partial charge is 0.484 e. The highest BCUT2D eigenvalue weighted by molar-refractivity contribution is 6.30. The summed E-state index contributed by atoms with van der Waals surface area (Å²) in [6.07, 6.45) is -3.14. The molecule has 0 radical (unpaired) electrons. The van der Waals surface area contributed by atoms with E-state index < -0.39 is 53.2 Å². The quantitative estimate of drug-likeness (QED) is 0.510. The molecule has 1 heterocycles. The van der Waals surface area contributed by atoms with Gasteiger partial charge < -0.3 is 20.5 Å². The number of pyridine rings is 1. The second-order valence-corrected chi connectivity index (χ2v) is 9.36. The van der Waals surface area contributed by atoms with E-state index >= 15 is 0 Å². The summed E-state index contributed by atoms with van der Waals surface area (Å²) in [6, 6.07) is 5.59. The van der Waals surface area contributed by atoms with Crippen molar-refractivity contribution in [1.29, 1.82) is 0 Å². The van der Waals surface area contributed by atoms with E-state index in [1.54, 1.807) is 0 Å². The van der Waals surface area contributed by atoms with Crippen molar-refractivity contribution in [3.63, 3.8) is 0 Å². The summed E-state index contributed by atoms with van der Waals surface area (Å²) in [6.45, 7) is -0.392. The van der Waals surface area contributed by atoms with E-state index in [9.17, 15) is 32.3 Å². The number of hydrogen-bond acceptors (Lipinski definition) is 5. The number of alkyl halides is 3. The Morgan fingerprint density at radius 1 is 1.14 bits per heavy atom. The zero-order chi connectivity index (χ0) is 25.4. The molecule has 12 heteroatoms. The van der Waals surface area contributed by atoms with Crippen molar-refractivity contribution < 1.29 is 37.0 Å². The van der Waals surface area contributed by atoms with Gasteiger partial charge in [0.15, 0.2) is 6.61 Å². The molecule has 1 atom stereocenters. The zero-order valence-corrected chi connectivity index (χ0v) is 19.0. The van der Waals surface area contributed by atoms with Crippen LogP contribution in [0.3, 0.4) is 0 Å². The third kappa shape index (κ3) is 5.35. The topological polar surface area (TPSA) is 101 Å². The first-order valence-electron chi connectivity index (χ1n) is 10.8. The van der Waals surface area contributed by atoms with Crippen LogP contribution in [-0.4, -0.2) is 45.7 Å². The number of ether oxygens (including phenoxy) is 1. The van der Waals surface area contributed by atoms with Crippen LogP contribution in [0, 0.1) is 5.82 Å². The molecule has 188 valence electrons. The molecule has 2 aromatic rings. The Morgan fingerprint density at radius 2 is 1.86 bits per heavy atom. The summed E-state index contributed by atoms with van der Waals surface area (Å²) in [5.74, 6) is -1.67. The highest BCUT2D eigenvalue weighted by Crippen LogP contribution is 2.47. The van der Waals surface area contributed by atoms with Crippen molar-refractivity contribution in [1.82, 2.24) is 15.6 Å². The van der Waals surface area contributed by atoms with Crippen molar-refractivity contribution in [2.45, 2.75) is 55.5 Å². The van der Waals surface area contributed by atoms with Gasteiger partial charge in [-0.05, 0) is 56.4 Å². The van der Waals surface area contributed by atoms with E-state index in [0.29, 0.717) is 31.9 Å². The van der Waals surface area contributed by atoms with Gasteiger partial charge in [-0.1, -0.05) is 11.6 Å². The predicted octanol–water partition coefficient (Wildman–Crippen LogP) is 3.63. The van der Waals surface area contributed by atoms with Gasteiger partial charge in [0, 0.05) is 17.8 Å². The van der Waals surface area contributed by atoms with Crippen molar-refractivity contribution in [2.75, 3.05) is 6.61 Å². The first-order valence-corrected chi connectivity index (χ1v) is 11.2. The summed E-state index contributed by atoms with van der Waals surface area (Å²) < 4.78 is 57.0. The Labute approximate surface area is 202 Å². The smallest absolute Gasteiger partial charge is 0.417 e. The van der Waals surface area contributed by atoms with Gasteiger partial charge in [0.2, 0.25) is 0 Å². The van der Waals surface area contributed by atoms with E-state index in [2.05, 4.69) is 15.6 Å². The number of aliphatic hydroxyl groups excluding tert-OH is 1. The minimum absolute atomic E-state index is 0.0714. The van der Waals surface area contributed by atoms with E-state index in [-0.39, 0.29) is 22.9 Å². The summed E-state index contributed by atoms with van der Waals surface area (Å²) in [5, 5.41) is 16.4. The maximum absolute atomic E-state index is 13.5. The second-order valence-electron chi connectivity index (χ2n) is 8.95. The van der Waals surface area contributed by atoms with Gasteiger partial charge in [0.05, 0.1) is 22.2 Å². The molecule has 3 fully saturated rings. The molecule has 35 heavy (non-hydrogen) atoms. The lowest BCUT2D eigenvalue weighted by molar-refractivity contribution is -0.137. The van der Waals surface area contributed by atoms with Gasteiger partial charge in [0.1, 0.15) is 17.3 Å². The number of rotatable bonds is 6. The molecule has 3 saturated carbocycles. The van der Waals surface area contributed by atoms with Gasteiger partial charge in [0.25, 0.3) is 11.8 Å². The van der Waals surface area contributed by atoms with Crippen LogP contribution in [0.5, 0.6) is 5.75 Å². The standard InChI is InChI=1S/C23H22ClF4N3O4/c24-15-3-2-14(9-16(15)25)35-12-19(33)30-22-7-5-21(6-8-22,10-18(22)32)31-20(34)17-4-1-13(11-29-17)23(26,27)28/h1-4,9,11,18,32H,5-8,10,12H2,(H,30,33)(H,31,34)/t18-,21?,22?/m0/s1. The van der Waals surface area contributed by atoms with Gasteiger partial charge in [-0.3, -0.25) is 14.6 Å². The minimum atomic E-state index is -4.55. The molecule has 1 aromatic carbocycles. The zero-order valence-electron chi connectivity index (χ0n) is 18.3. The number of nitrogens with one attached hydrogen (secondary N) is 2. The van der Waals surface area contributed by atoms with Crippen LogP contribution in [0.25, 0.3) is 0 Å². The number of carbonyl (C=O) groups excluding carboxylic acids is 2. The molecule has 5 rings (SSSR count). The van der Waals surface area contributed by atoms with Crippen LogP contribution in [0.2, 0.25) is 5.02 Å². The van der Waals surface area contributed by atoms with Crippen molar-refractivity contribution in [3.8, 4) is 5.75 Å². The summed E-state index contributed by atoms with van der Waals surface area (Å²) in [5.41, 5.74) is -2.77. The molecule has 2 bridgehead atoms. The van der Waals surface area contributed by atoms with Crippen LogP contribution >= 0.6 is 11.6 Å². The van der Waals surface area contributed by atoms with Crippen molar-refractivity contribution in [3.05, 3.63) is 58.6 Å². The highest BCUT2D eigenvalue weighted by atomic mass is 35.5. The molecule has 0 saturated heterocycles.